The molecule has 3 nitrogen and oxygen atoms in total. The van der Waals surface area contributed by atoms with Gasteiger partial charge in [-0.25, -0.2) is 4.98 Å². The maximum atomic E-state index is 12.0. The molecule has 90 valence electrons. The lowest BCUT2D eigenvalue weighted by Gasteiger charge is -2.09. The molecule has 0 fully saturated rings. The summed E-state index contributed by atoms with van der Waals surface area (Å²) in [5.41, 5.74) is 1.53. The zero-order valence-electron chi connectivity index (χ0n) is 9.87. The number of hydrogen-bond donors (Lipinski definition) is 1. The van der Waals surface area contributed by atoms with Crippen molar-refractivity contribution in [2.45, 2.75) is 26.7 Å². The summed E-state index contributed by atoms with van der Waals surface area (Å²) in [6.07, 6.45) is 0. The van der Waals surface area contributed by atoms with Gasteiger partial charge in [0.05, 0.1) is 4.88 Å². The van der Waals surface area contributed by atoms with Crippen LogP contribution in [0.3, 0.4) is 0 Å². The van der Waals surface area contributed by atoms with Gasteiger partial charge in [-0.15, -0.1) is 11.3 Å². The Hall–Kier alpha value is -0.940. The molecule has 2 heterocycles. The van der Waals surface area contributed by atoms with E-state index in [9.17, 15) is 4.79 Å². The quantitative estimate of drug-likeness (QED) is 0.919. The van der Waals surface area contributed by atoms with E-state index in [1.54, 1.807) is 11.3 Å². The zero-order valence-corrected chi connectivity index (χ0v) is 12.3. The normalized spacial score (nSPS) is 11.1. The fourth-order valence-electron chi connectivity index (χ4n) is 1.85. The van der Waals surface area contributed by atoms with Crippen LogP contribution in [0, 0.1) is 6.92 Å². The van der Waals surface area contributed by atoms with E-state index < -0.39 is 0 Å². The van der Waals surface area contributed by atoms with Gasteiger partial charge in [0.1, 0.15) is 0 Å². The van der Waals surface area contributed by atoms with E-state index in [1.807, 2.05) is 32.2 Å². The molecule has 0 bridgehead atoms. The third-order valence-corrected chi connectivity index (χ3v) is 4.40. The van der Waals surface area contributed by atoms with E-state index in [0.29, 0.717) is 5.82 Å². The standard InChI is InChI=1S/C12H13BrN2OS/c1-6(2)9-7(3)14-11(15-12(9)16)10-8(13)4-5-17-10/h4-6H,1-3H3,(H,14,15,16). The van der Waals surface area contributed by atoms with Crippen LogP contribution >= 0.6 is 27.3 Å². The molecule has 2 aromatic rings. The first-order valence-corrected chi connectivity index (χ1v) is 7.02. The van der Waals surface area contributed by atoms with Gasteiger partial charge in [-0.05, 0) is 40.2 Å². The summed E-state index contributed by atoms with van der Waals surface area (Å²) in [7, 11) is 0. The van der Waals surface area contributed by atoms with Crippen LogP contribution < -0.4 is 5.56 Å². The van der Waals surface area contributed by atoms with Crippen molar-refractivity contribution in [3.63, 3.8) is 0 Å². The van der Waals surface area contributed by atoms with Crippen LogP contribution in [0.1, 0.15) is 31.0 Å². The number of nitrogens with zero attached hydrogens (tertiary/aromatic N) is 1. The topological polar surface area (TPSA) is 45.8 Å². The number of thiophene rings is 1. The van der Waals surface area contributed by atoms with Crippen molar-refractivity contribution in [2.24, 2.45) is 0 Å². The van der Waals surface area contributed by atoms with Gasteiger partial charge in [-0.2, -0.15) is 0 Å². The highest BCUT2D eigenvalue weighted by Crippen LogP contribution is 2.31. The van der Waals surface area contributed by atoms with Gasteiger partial charge in [-0.1, -0.05) is 13.8 Å². The molecule has 0 saturated heterocycles. The highest BCUT2D eigenvalue weighted by molar-refractivity contribution is 9.10. The smallest absolute Gasteiger partial charge is 0.254 e. The monoisotopic (exact) mass is 312 g/mol. The molecule has 0 amide bonds. The third kappa shape index (κ3) is 2.35. The van der Waals surface area contributed by atoms with E-state index in [2.05, 4.69) is 25.9 Å². The summed E-state index contributed by atoms with van der Waals surface area (Å²) >= 11 is 5.00. The van der Waals surface area contributed by atoms with E-state index in [0.717, 1.165) is 20.6 Å². The minimum atomic E-state index is -0.0391. The molecule has 0 unspecified atom stereocenters. The predicted octanol–water partition coefficient (Wildman–Crippen LogP) is 3.69. The second-order valence-electron chi connectivity index (χ2n) is 4.17. The molecule has 2 rings (SSSR count). The van der Waals surface area contributed by atoms with Crippen molar-refractivity contribution in [2.75, 3.05) is 0 Å². The minimum Gasteiger partial charge on any atom is -0.306 e. The molecule has 0 aliphatic heterocycles. The molecule has 0 radical (unpaired) electrons. The number of hydrogen-bond acceptors (Lipinski definition) is 3. The molecule has 5 heteroatoms. The van der Waals surface area contributed by atoms with Crippen LogP contribution in [-0.2, 0) is 0 Å². The number of aromatic amines is 1. The van der Waals surface area contributed by atoms with Crippen molar-refractivity contribution in [1.29, 1.82) is 0 Å². The number of nitrogens with one attached hydrogen (secondary N) is 1. The second-order valence-corrected chi connectivity index (χ2v) is 5.94. The van der Waals surface area contributed by atoms with Crippen molar-refractivity contribution in [1.82, 2.24) is 9.97 Å². The Bertz CT molecular complexity index is 601. The molecule has 0 spiro atoms. The average Bonchev–Trinajstić information content (AvgIpc) is 2.62. The molecular weight excluding hydrogens is 300 g/mol. The predicted molar refractivity (Wildman–Crippen MR) is 74.7 cm³/mol. The van der Waals surface area contributed by atoms with Crippen molar-refractivity contribution < 1.29 is 0 Å². The van der Waals surface area contributed by atoms with Crippen LogP contribution in [0.4, 0.5) is 0 Å². The van der Waals surface area contributed by atoms with Gasteiger partial charge in [0.2, 0.25) is 0 Å². The summed E-state index contributed by atoms with van der Waals surface area (Å²) in [6, 6.07) is 1.95. The van der Waals surface area contributed by atoms with E-state index in [4.69, 9.17) is 0 Å². The molecule has 0 aliphatic carbocycles. The molecule has 17 heavy (non-hydrogen) atoms. The molecule has 0 aromatic carbocycles. The Morgan fingerprint density at radius 1 is 1.47 bits per heavy atom. The molecule has 0 saturated carbocycles. The number of aryl methyl sites for hydroxylation is 1. The highest BCUT2D eigenvalue weighted by atomic mass is 79.9. The lowest BCUT2D eigenvalue weighted by Crippen LogP contribution is -2.18. The summed E-state index contributed by atoms with van der Waals surface area (Å²) < 4.78 is 0.961. The molecule has 1 N–H and O–H groups in total. The molecule has 0 atom stereocenters. The average molecular weight is 313 g/mol. The van der Waals surface area contributed by atoms with E-state index in [-0.39, 0.29) is 11.5 Å². The van der Waals surface area contributed by atoms with Crippen LogP contribution in [0.2, 0.25) is 0 Å². The van der Waals surface area contributed by atoms with E-state index in [1.165, 1.54) is 0 Å². The molecule has 0 aliphatic rings. The summed E-state index contributed by atoms with van der Waals surface area (Å²) in [5, 5.41) is 1.96. The Kier molecular flexibility index (Phi) is 3.49. The van der Waals surface area contributed by atoms with E-state index >= 15 is 0 Å². The summed E-state index contributed by atoms with van der Waals surface area (Å²) in [5.74, 6) is 0.825. The van der Waals surface area contributed by atoms with Gasteiger partial charge in [0.15, 0.2) is 5.82 Å². The first-order valence-electron chi connectivity index (χ1n) is 5.35. The van der Waals surface area contributed by atoms with Gasteiger partial charge >= 0.3 is 0 Å². The number of halogens is 1. The fourth-order valence-corrected chi connectivity index (χ4v) is 3.35. The molecule has 2 aromatic heterocycles. The Morgan fingerprint density at radius 2 is 2.18 bits per heavy atom. The maximum absolute atomic E-state index is 12.0. The Morgan fingerprint density at radius 3 is 2.65 bits per heavy atom. The minimum absolute atomic E-state index is 0.0391. The molecular formula is C12H13BrN2OS. The van der Waals surface area contributed by atoms with Crippen LogP contribution in [0.5, 0.6) is 0 Å². The summed E-state index contributed by atoms with van der Waals surface area (Å²) in [6.45, 7) is 5.88. The lowest BCUT2D eigenvalue weighted by atomic mass is 10.0. The number of H-pyrrole nitrogens is 1. The van der Waals surface area contributed by atoms with Gasteiger partial charge in [0, 0.05) is 15.7 Å². The van der Waals surface area contributed by atoms with Gasteiger partial charge in [0.25, 0.3) is 5.56 Å². The van der Waals surface area contributed by atoms with Crippen molar-refractivity contribution in [3.05, 3.63) is 37.5 Å². The van der Waals surface area contributed by atoms with Crippen molar-refractivity contribution >= 4 is 27.3 Å². The van der Waals surface area contributed by atoms with Gasteiger partial charge in [-0.3, -0.25) is 4.79 Å². The number of rotatable bonds is 2. The van der Waals surface area contributed by atoms with Crippen LogP contribution in [0.15, 0.2) is 20.7 Å². The first kappa shape index (κ1) is 12.5. The SMILES string of the molecule is Cc1nc(-c2sccc2Br)[nH]c(=O)c1C(C)C. The van der Waals surface area contributed by atoms with Crippen LogP contribution in [-0.4, -0.2) is 9.97 Å². The van der Waals surface area contributed by atoms with Crippen LogP contribution in [0.25, 0.3) is 10.7 Å². The lowest BCUT2D eigenvalue weighted by molar-refractivity contribution is 0.815. The van der Waals surface area contributed by atoms with Crippen molar-refractivity contribution in [3.8, 4) is 10.7 Å². The zero-order chi connectivity index (χ0) is 12.6. The second kappa shape index (κ2) is 4.74. The Labute approximate surface area is 112 Å². The largest absolute Gasteiger partial charge is 0.306 e. The third-order valence-electron chi connectivity index (χ3n) is 2.56. The Balaban J connectivity index is 2.61. The number of aromatic nitrogens is 2. The van der Waals surface area contributed by atoms with Gasteiger partial charge < -0.3 is 4.98 Å². The fraction of sp³-hybridized carbons (Fsp3) is 0.333. The highest BCUT2D eigenvalue weighted by Gasteiger charge is 2.14. The first-order chi connectivity index (χ1) is 8.00. The maximum Gasteiger partial charge on any atom is 0.254 e. The summed E-state index contributed by atoms with van der Waals surface area (Å²) in [4.78, 5) is 20.3.